The Balaban J connectivity index is 3.36. The van der Waals surface area contributed by atoms with Crippen molar-refractivity contribution in [1.29, 1.82) is 0 Å². The van der Waals surface area contributed by atoms with Gasteiger partial charge < -0.3 is 4.74 Å². The zero-order chi connectivity index (χ0) is 13.3. The second kappa shape index (κ2) is 4.52. The predicted molar refractivity (Wildman–Crippen MR) is 70.9 cm³/mol. The van der Waals surface area contributed by atoms with E-state index in [-0.39, 0.29) is 11.0 Å². The molecule has 0 amide bonds. The van der Waals surface area contributed by atoms with Gasteiger partial charge in [-0.15, -0.1) is 0 Å². The smallest absolute Gasteiger partial charge is 0.153 e. The summed E-state index contributed by atoms with van der Waals surface area (Å²) in [6, 6.07) is 5.72. The Kier molecular flexibility index (Phi) is 3.65. The number of carbonyl (C=O) groups excluding carboxylic acids is 1. The van der Waals surface area contributed by atoms with E-state index in [1.54, 1.807) is 6.07 Å². The van der Waals surface area contributed by atoms with Crippen LogP contribution in [0.2, 0.25) is 0 Å². The SMILES string of the molecule is CC(C)(C)Oc1c(C=O)cccc1C(C)(C)C. The van der Waals surface area contributed by atoms with Gasteiger partial charge in [0, 0.05) is 5.56 Å². The minimum Gasteiger partial charge on any atom is -0.487 e. The highest BCUT2D eigenvalue weighted by atomic mass is 16.5. The fraction of sp³-hybridized carbons (Fsp3) is 0.533. The molecule has 0 bridgehead atoms. The van der Waals surface area contributed by atoms with E-state index in [1.807, 2.05) is 32.9 Å². The molecule has 0 aliphatic carbocycles. The summed E-state index contributed by atoms with van der Waals surface area (Å²) in [4.78, 5) is 11.1. The number of benzene rings is 1. The highest BCUT2D eigenvalue weighted by Gasteiger charge is 2.24. The molecule has 0 saturated heterocycles. The first-order chi connectivity index (χ1) is 7.65. The maximum Gasteiger partial charge on any atom is 0.153 e. The Morgan fingerprint density at radius 2 is 1.65 bits per heavy atom. The van der Waals surface area contributed by atoms with Crippen LogP contribution in [-0.4, -0.2) is 11.9 Å². The molecule has 0 radical (unpaired) electrons. The lowest BCUT2D eigenvalue weighted by atomic mass is 9.85. The number of hydrogen-bond acceptors (Lipinski definition) is 2. The molecule has 0 unspecified atom stereocenters. The van der Waals surface area contributed by atoms with Gasteiger partial charge >= 0.3 is 0 Å². The van der Waals surface area contributed by atoms with Gasteiger partial charge in [-0.1, -0.05) is 32.9 Å². The summed E-state index contributed by atoms with van der Waals surface area (Å²) < 4.78 is 5.95. The van der Waals surface area contributed by atoms with Gasteiger partial charge in [0.1, 0.15) is 11.4 Å². The molecule has 0 spiro atoms. The van der Waals surface area contributed by atoms with Crippen molar-refractivity contribution in [3.63, 3.8) is 0 Å². The monoisotopic (exact) mass is 234 g/mol. The summed E-state index contributed by atoms with van der Waals surface area (Å²) in [7, 11) is 0. The number of ether oxygens (including phenoxy) is 1. The van der Waals surface area contributed by atoms with Gasteiger partial charge in [0.15, 0.2) is 6.29 Å². The zero-order valence-corrected chi connectivity index (χ0v) is 11.6. The van der Waals surface area contributed by atoms with Gasteiger partial charge in [-0.3, -0.25) is 4.79 Å². The molecular formula is C15H22O2. The zero-order valence-electron chi connectivity index (χ0n) is 11.6. The molecule has 0 fully saturated rings. The molecule has 0 saturated carbocycles. The fourth-order valence-electron chi connectivity index (χ4n) is 1.66. The number of carbonyl (C=O) groups is 1. The van der Waals surface area contributed by atoms with E-state index in [1.165, 1.54) is 0 Å². The Morgan fingerprint density at radius 1 is 1.06 bits per heavy atom. The van der Waals surface area contributed by atoms with Gasteiger partial charge in [0.2, 0.25) is 0 Å². The van der Waals surface area contributed by atoms with Crippen LogP contribution in [0.5, 0.6) is 5.75 Å². The van der Waals surface area contributed by atoms with Crippen LogP contribution in [0.15, 0.2) is 18.2 Å². The van der Waals surface area contributed by atoms with Crippen molar-refractivity contribution in [3.8, 4) is 5.75 Å². The Hall–Kier alpha value is -1.31. The lowest BCUT2D eigenvalue weighted by molar-refractivity contribution is 0.109. The van der Waals surface area contributed by atoms with E-state index in [0.717, 1.165) is 11.8 Å². The Bertz CT molecular complexity index is 406. The summed E-state index contributed by atoms with van der Waals surface area (Å²) in [5, 5.41) is 0. The summed E-state index contributed by atoms with van der Waals surface area (Å²) in [6.45, 7) is 12.3. The Labute approximate surface area is 104 Å². The van der Waals surface area contributed by atoms with Crippen LogP contribution in [0.4, 0.5) is 0 Å². The summed E-state index contributed by atoms with van der Waals surface area (Å²) >= 11 is 0. The van der Waals surface area contributed by atoms with Crippen LogP contribution in [0.25, 0.3) is 0 Å². The van der Waals surface area contributed by atoms with Crippen LogP contribution < -0.4 is 4.74 Å². The van der Waals surface area contributed by atoms with Crippen LogP contribution in [-0.2, 0) is 5.41 Å². The number of para-hydroxylation sites is 1. The second-order valence-electron chi connectivity index (χ2n) is 6.31. The van der Waals surface area contributed by atoms with Crippen molar-refractivity contribution in [2.24, 2.45) is 0 Å². The largest absolute Gasteiger partial charge is 0.487 e. The predicted octanol–water partition coefficient (Wildman–Crippen LogP) is 3.97. The highest BCUT2D eigenvalue weighted by Crippen LogP contribution is 2.35. The first kappa shape index (κ1) is 13.8. The van der Waals surface area contributed by atoms with Gasteiger partial charge in [-0.2, -0.15) is 0 Å². The quantitative estimate of drug-likeness (QED) is 0.724. The maximum absolute atomic E-state index is 11.1. The second-order valence-corrected chi connectivity index (χ2v) is 6.31. The van der Waals surface area contributed by atoms with E-state index in [9.17, 15) is 4.79 Å². The molecule has 94 valence electrons. The lowest BCUT2D eigenvalue weighted by Gasteiger charge is -2.29. The molecule has 1 aromatic rings. The van der Waals surface area contributed by atoms with Crippen molar-refractivity contribution >= 4 is 6.29 Å². The Morgan fingerprint density at radius 3 is 2.06 bits per heavy atom. The average molecular weight is 234 g/mol. The van der Waals surface area contributed by atoms with E-state index >= 15 is 0 Å². The van der Waals surface area contributed by atoms with E-state index in [0.29, 0.717) is 11.3 Å². The molecule has 1 rings (SSSR count). The third kappa shape index (κ3) is 3.58. The van der Waals surface area contributed by atoms with E-state index in [2.05, 4.69) is 20.8 Å². The van der Waals surface area contributed by atoms with Crippen LogP contribution in [0.1, 0.15) is 57.5 Å². The normalized spacial score (nSPS) is 12.4. The molecule has 0 aromatic heterocycles. The van der Waals surface area contributed by atoms with Crippen LogP contribution >= 0.6 is 0 Å². The molecular weight excluding hydrogens is 212 g/mol. The number of hydrogen-bond donors (Lipinski definition) is 0. The van der Waals surface area contributed by atoms with Crippen molar-refractivity contribution in [2.75, 3.05) is 0 Å². The van der Waals surface area contributed by atoms with Crippen molar-refractivity contribution in [2.45, 2.75) is 52.6 Å². The molecule has 0 heterocycles. The van der Waals surface area contributed by atoms with Gasteiger partial charge in [0.25, 0.3) is 0 Å². The topological polar surface area (TPSA) is 26.3 Å². The van der Waals surface area contributed by atoms with Gasteiger partial charge in [0.05, 0.1) is 5.56 Å². The van der Waals surface area contributed by atoms with Gasteiger partial charge in [-0.25, -0.2) is 0 Å². The highest BCUT2D eigenvalue weighted by molar-refractivity contribution is 5.80. The third-order valence-corrected chi connectivity index (χ3v) is 2.39. The summed E-state index contributed by atoms with van der Waals surface area (Å²) in [5.41, 5.74) is 1.34. The first-order valence-corrected chi connectivity index (χ1v) is 5.93. The van der Waals surface area contributed by atoms with E-state index in [4.69, 9.17) is 4.74 Å². The molecule has 0 aliphatic heterocycles. The first-order valence-electron chi connectivity index (χ1n) is 5.93. The number of aldehydes is 1. The van der Waals surface area contributed by atoms with Crippen molar-refractivity contribution in [1.82, 2.24) is 0 Å². The minimum atomic E-state index is -0.306. The van der Waals surface area contributed by atoms with Crippen LogP contribution in [0, 0.1) is 0 Å². The molecule has 1 aromatic carbocycles. The van der Waals surface area contributed by atoms with E-state index < -0.39 is 0 Å². The third-order valence-electron chi connectivity index (χ3n) is 2.39. The number of rotatable bonds is 2. The summed E-state index contributed by atoms with van der Waals surface area (Å²) in [5.74, 6) is 0.711. The molecule has 2 nitrogen and oxygen atoms in total. The molecule has 2 heteroatoms. The standard InChI is InChI=1S/C15H22O2/c1-14(2,3)12-9-7-8-11(10-16)13(12)17-15(4,5)6/h7-10H,1-6H3. The minimum absolute atomic E-state index is 0.0421. The molecule has 17 heavy (non-hydrogen) atoms. The fourth-order valence-corrected chi connectivity index (χ4v) is 1.66. The summed E-state index contributed by atoms with van der Waals surface area (Å²) in [6.07, 6.45) is 0.857. The van der Waals surface area contributed by atoms with Crippen molar-refractivity contribution < 1.29 is 9.53 Å². The molecule has 0 atom stereocenters. The van der Waals surface area contributed by atoms with Crippen molar-refractivity contribution in [3.05, 3.63) is 29.3 Å². The molecule has 0 aliphatic rings. The molecule has 0 N–H and O–H groups in total. The maximum atomic E-state index is 11.1. The van der Waals surface area contributed by atoms with Crippen LogP contribution in [0.3, 0.4) is 0 Å². The van der Waals surface area contributed by atoms with Gasteiger partial charge in [-0.05, 0) is 32.3 Å². The average Bonchev–Trinajstić information content (AvgIpc) is 2.13. The lowest BCUT2D eigenvalue weighted by Crippen LogP contribution is -2.26.